The van der Waals surface area contributed by atoms with Crippen LogP contribution in [0.25, 0.3) is 0 Å². The molecule has 0 aromatic heterocycles. The van der Waals surface area contributed by atoms with Crippen LogP contribution < -0.4 is 0 Å². The zero-order valence-electron chi connectivity index (χ0n) is 11.6. The summed E-state index contributed by atoms with van der Waals surface area (Å²) in [5, 5.41) is 0. The third kappa shape index (κ3) is 2.20. The Balaban J connectivity index is 2.07. The normalized spacial score (nSPS) is 25.8. The maximum absolute atomic E-state index is 11.9. The molecule has 0 bridgehead atoms. The molecule has 0 unspecified atom stereocenters. The summed E-state index contributed by atoms with van der Waals surface area (Å²) >= 11 is 0. The molecule has 0 saturated carbocycles. The minimum Gasteiger partial charge on any atom is -0.453 e. The zero-order chi connectivity index (χ0) is 13.5. The molecule has 0 saturated heterocycles. The number of ether oxygens (including phenoxy) is 1. The summed E-state index contributed by atoms with van der Waals surface area (Å²) in [6.07, 6.45) is 3.74. The van der Waals surface area contributed by atoms with E-state index in [4.69, 9.17) is 4.74 Å². The lowest BCUT2D eigenvalue weighted by Gasteiger charge is -2.40. The lowest BCUT2D eigenvalue weighted by molar-refractivity contribution is -0.149. The summed E-state index contributed by atoms with van der Waals surface area (Å²) in [4.78, 5) is 11.9. The van der Waals surface area contributed by atoms with Crippen LogP contribution in [0.5, 0.6) is 0 Å². The van der Waals surface area contributed by atoms with Crippen LogP contribution in [-0.4, -0.2) is 5.97 Å². The maximum atomic E-state index is 11.9. The number of carbonyl (C=O) groups excluding carboxylic acids is 1. The van der Waals surface area contributed by atoms with Crippen LogP contribution in [0, 0.1) is 5.41 Å². The molecule has 0 amide bonds. The predicted molar refractivity (Wildman–Crippen MR) is 74.6 cm³/mol. The fourth-order valence-corrected chi connectivity index (χ4v) is 3.38. The quantitative estimate of drug-likeness (QED) is 0.556. The van der Waals surface area contributed by atoms with Gasteiger partial charge in [-0.05, 0) is 35.8 Å². The second-order valence-corrected chi connectivity index (χ2v) is 6.20. The van der Waals surface area contributed by atoms with E-state index in [-0.39, 0.29) is 17.5 Å². The predicted octanol–water partition coefficient (Wildman–Crippen LogP) is 4.18. The average Bonchev–Trinajstić information content (AvgIpc) is 2.40. The highest BCUT2D eigenvalue weighted by Gasteiger charge is 2.39. The minimum atomic E-state index is -0.156. The van der Waals surface area contributed by atoms with Gasteiger partial charge in [0.1, 0.15) is 6.10 Å². The molecule has 0 radical (unpaired) electrons. The molecule has 1 aromatic rings. The van der Waals surface area contributed by atoms with Crippen molar-refractivity contribution in [3.05, 3.63) is 47.0 Å². The first-order valence-electron chi connectivity index (χ1n) is 7.05. The van der Waals surface area contributed by atoms with Gasteiger partial charge in [-0.25, -0.2) is 0 Å². The number of hydrogen-bond donors (Lipinski definition) is 0. The van der Waals surface area contributed by atoms with Crippen molar-refractivity contribution in [3.8, 4) is 0 Å². The molecule has 1 aliphatic heterocycles. The average molecular weight is 256 g/mol. The number of cyclic esters (lactones) is 1. The summed E-state index contributed by atoms with van der Waals surface area (Å²) in [6.45, 7) is 4.50. The van der Waals surface area contributed by atoms with E-state index < -0.39 is 0 Å². The second-order valence-electron chi connectivity index (χ2n) is 6.20. The van der Waals surface area contributed by atoms with Crippen molar-refractivity contribution in [2.45, 2.75) is 45.6 Å². The third-order valence-electron chi connectivity index (χ3n) is 4.44. The first-order chi connectivity index (χ1) is 9.08. The molecule has 1 aromatic carbocycles. The van der Waals surface area contributed by atoms with E-state index in [9.17, 15) is 4.79 Å². The summed E-state index contributed by atoms with van der Waals surface area (Å²) in [5.74, 6) is -0.0809. The van der Waals surface area contributed by atoms with E-state index in [1.165, 1.54) is 24.0 Å². The van der Waals surface area contributed by atoms with Gasteiger partial charge in [0.05, 0.1) is 6.42 Å². The molecule has 0 N–H and O–H groups in total. The van der Waals surface area contributed by atoms with E-state index in [1.54, 1.807) is 0 Å². The van der Waals surface area contributed by atoms with Crippen LogP contribution in [0.3, 0.4) is 0 Å². The summed E-state index contributed by atoms with van der Waals surface area (Å²) < 4.78 is 5.64. The van der Waals surface area contributed by atoms with Gasteiger partial charge < -0.3 is 4.74 Å². The Hall–Kier alpha value is -1.57. The molecular formula is C17H20O2. The van der Waals surface area contributed by atoms with E-state index in [2.05, 4.69) is 26.0 Å². The Kier molecular flexibility index (Phi) is 2.96. The Morgan fingerprint density at radius 3 is 2.68 bits per heavy atom. The monoisotopic (exact) mass is 256 g/mol. The summed E-state index contributed by atoms with van der Waals surface area (Å²) in [6, 6.07) is 10.1. The van der Waals surface area contributed by atoms with Gasteiger partial charge in [-0.3, -0.25) is 4.79 Å². The highest BCUT2D eigenvalue weighted by molar-refractivity contribution is 5.75. The Bertz CT molecular complexity index is 525. The lowest BCUT2D eigenvalue weighted by Crippen LogP contribution is -2.31. The summed E-state index contributed by atoms with van der Waals surface area (Å²) in [5.41, 5.74) is 3.91. The van der Waals surface area contributed by atoms with Crippen molar-refractivity contribution in [3.63, 3.8) is 0 Å². The number of hydrogen-bond acceptors (Lipinski definition) is 2. The molecule has 1 heterocycles. The second kappa shape index (κ2) is 4.52. The molecule has 2 aliphatic rings. The molecule has 3 rings (SSSR count). The van der Waals surface area contributed by atoms with Gasteiger partial charge in [0.2, 0.25) is 0 Å². The first-order valence-corrected chi connectivity index (χ1v) is 7.05. The minimum absolute atomic E-state index is 0.0809. The summed E-state index contributed by atoms with van der Waals surface area (Å²) in [7, 11) is 0. The van der Waals surface area contributed by atoms with Crippen LogP contribution in [-0.2, 0) is 9.53 Å². The van der Waals surface area contributed by atoms with E-state index >= 15 is 0 Å². The molecule has 1 atom stereocenters. The standard InChI is InChI=1S/C17H20O2/c1-17(2)10-6-9-13-14(17)11-15(18)19-16(13)12-7-4-3-5-8-12/h3-5,7-8,16H,6,9-11H2,1-2H3/t16-/m1/s1. The molecule has 2 nitrogen and oxygen atoms in total. The van der Waals surface area contributed by atoms with Gasteiger partial charge in [0.25, 0.3) is 0 Å². The van der Waals surface area contributed by atoms with Crippen molar-refractivity contribution in [2.75, 3.05) is 0 Å². The fourth-order valence-electron chi connectivity index (χ4n) is 3.38. The van der Waals surface area contributed by atoms with Crippen molar-refractivity contribution < 1.29 is 9.53 Å². The van der Waals surface area contributed by atoms with Crippen LogP contribution in [0.2, 0.25) is 0 Å². The van der Waals surface area contributed by atoms with Crippen LogP contribution in [0.15, 0.2) is 41.5 Å². The highest BCUT2D eigenvalue weighted by Crippen LogP contribution is 2.49. The third-order valence-corrected chi connectivity index (χ3v) is 4.44. The maximum Gasteiger partial charge on any atom is 0.310 e. The molecule has 2 heteroatoms. The van der Waals surface area contributed by atoms with Gasteiger partial charge >= 0.3 is 5.97 Å². The smallest absolute Gasteiger partial charge is 0.310 e. The van der Waals surface area contributed by atoms with Crippen LogP contribution in [0.1, 0.15) is 51.2 Å². The van der Waals surface area contributed by atoms with E-state index in [0.29, 0.717) is 6.42 Å². The topological polar surface area (TPSA) is 26.3 Å². The van der Waals surface area contributed by atoms with Gasteiger partial charge in [-0.2, -0.15) is 0 Å². The number of carbonyl (C=O) groups is 1. The molecule has 19 heavy (non-hydrogen) atoms. The van der Waals surface area contributed by atoms with Crippen molar-refractivity contribution in [2.24, 2.45) is 5.41 Å². The number of rotatable bonds is 1. The van der Waals surface area contributed by atoms with Gasteiger partial charge in [-0.1, -0.05) is 49.8 Å². The SMILES string of the molecule is CC1(C)CCCC2=C1CC(=O)O[C@@H]2c1ccccc1. The van der Waals surface area contributed by atoms with Gasteiger partial charge in [0.15, 0.2) is 0 Å². The van der Waals surface area contributed by atoms with Crippen molar-refractivity contribution in [1.82, 2.24) is 0 Å². The fraction of sp³-hybridized carbons (Fsp3) is 0.471. The number of benzene rings is 1. The van der Waals surface area contributed by atoms with E-state index in [1.807, 2.05) is 18.2 Å². The van der Waals surface area contributed by atoms with Crippen LogP contribution >= 0.6 is 0 Å². The van der Waals surface area contributed by atoms with E-state index in [0.717, 1.165) is 12.0 Å². The lowest BCUT2D eigenvalue weighted by atomic mass is 9.69. The Morgan fingerprint density at radius 2 is 1.95 bits per heavy atom. The molecule has 0 fully saturated rings. The zero-order valence-corrected chi connectivity index (χ0v) is 11.6. The van der Waals surface area contributed by atoms with Crippen molar-refractivity contribution >= 4 is 5.97 Å². The van der Waals surface area contributed by atoms with Gasteiger partial charge in [-0.15, -0.1) is 0 Å². The number of esters is 1. The highest BCUT2D eigenvalue weighted by atomic mass is 16.5. The Morgan fingerprint density at radius 1 is 1.21 bits per heavy atom. The van der Waals surface area contributed by atoms with Gasteiger partial charge in [0, 0.05) is 0 Å². The molecule has 1 aliphatic carbocycles. The Labute approximate surface area is 114 Å². The largest absolute Gasteiger partial charge is 0.453 e. The molecule has 100 valence electrons. The van der Waals surface area contributed by atoms with Crippen LogP contribution in [0.4, 0.5) is 0 Å². The first kappa shape index (κ1) is 12.5. The molecular weight excluding hydrogens is 236 g/mol. The van der Waals surface area contributed by atoms with Crippen molar-refractivity contribution in [1.29, 1.82) is 0 Å². The molecule has 0 spiro atoms.